The summed E-state index contributed by atoms with van der Waals surface area (Å²) in [4.78, 5) is 26.4. The molecule has 31 heavy (non-hydrogen) atoms. The zero-order valence-electron chi connectivity index (χ0n) is 17.2. The highest BCUT2D eigenvalue weighted by Crippen LogP contribution is 2.29. The van der Waals surface area contributed by atoms with E-state index in [2.05, 4.69) is 37.6 Å². The Bertz CT molecular complexity index is 1370. The monoisotopic (exact) mass is 411 g/mol. The summed E-state index contributed by atoms with van der Waals surface area (Å²) in [5.41, 5.74) is 6.53. The molecule has 0 aliphatic rings. The highest BCUT2D eigenvalue weighted by Gasteiger charge is 2.14. The van der Waals surface area contributed by atoms with Gasteiger partial charge in [-0.05, 0) is 44.4 Å². The standard InChI is InChI=1S/C23H21N7O/c1-30(2)13-21(31)25-16-9-15(11-24-12-16)18-7-8-19-22(27-18)23(29-28-19)20-10-14-5-3-4-6-17(14)26-20/h3-12,26H,13H2,1-2H3,(H,25,31)(H,28,29). The molecule has 3 N–H and O–H groups in total. The average molecular weight is 411 g/mol. The number of hydrogen-bond donors (Lipinski definition) is 3. The van der Waals surface area contributed by atoms with Gasteiger partial charge in [0.15, 0.2) is 0 Å². The lowest BCUT2D eigenvalue weighted by Gasteiger charge is -2.10. The minimum atomic E-state index is -0.0942. The number of likely N-dealkylation sites (N-methyl/N-ethyl adjacent to an activating group) is 1. The van der Waals surface area contributed by atoms with E-state index in [0.717, 1.165) is 44.6 Å². The van der Waals surface area contributed by atoms with Crippen molar-refractivity contribution < 1.29 is 4.79 Å². The number of hydrogen-bond acceptors (Lipinski definition) is 5. The van der Waals surface area contributed by atoms with Crippen LogP contribution in [0.1, 0.15) is 0 Å². The van der Waals surface area contributed by atoms with Crippen LogP contribution in [0.15, 0.2) is 60.9 Å². The van der Waals surface area contributed by atoms with Crippen LogP contribution in [-0.2, 0) is 4.79 Å². The zero-order chi connectivity index (χ0) is 21.4. The van der Waals surface area contributed by atoms with E-state index in [0.29, 0.717) is 12.2 Å². The lowest BCUT2D eigenvalue weighted by atomic mass is 10.1. The molecular weight excluding hydrogens is 390 g/mol. The minimum absolute atomic E-state index is 0.0942. The zero-order valence-corrected chi connectivity index (χ0v) is 17.2. The topological polar surface area (TPSA) is 103 Å². The van der Waals surface area contributed by atoms with E-state index in [9.17, 15) is 4.79 Å². The first-order valence-corrected chi connectivity index (χ1v) is 9.90. The SMILES string of the molecule is CN(C)CC(=O)Nc1cncc(-c2ccc3[nH]nc(-c4cc5ccccc5[nH]4)c3n2)c1. The number of nitrogens with zero attached hydrogens (tertiary/aromatic N) is 4. The fraction of sp³-hybridized carbons (Fsp3) is 0.130. The third-order valence-electron chi connectivity index (χ3n) is 4.97. The van der Waals surface area contributed by atoms with Crippen molar-refractivity contribution >= 4 is 33.5 Å². The highest BCUT2D eigenvalue weighted by atomic mass is 16.2. The number of rotatable bonds is 5. The average Bonchev–Trinajstić information content (AvgIpc) is 3.36. The van der Waals surface area contributed by atoms with Crippen LogP contribution in [0.3, 0.4) is 0 Å². The number of amides is 1. The van der Waals surface area contributed by atoms with Crippen LogP contribution >= 0.6 is 0 Å². The van der Waals surface area contributed by atoms with E-state index in [-0.39, 0.29) is 5.91 Å². The number of aromatic amines is 2. The van der Waals surface area contributed by atoms with Gasteiger partial charge < -0.3 is 15.2 Å². The normalized spacial score (nSPS) is 11.5. The largest absolute Gasteiger partial charge is 0.353 e. The molecule has 0 spiro atoms. The number of H-pyrrole nitrogens is 2. The smallest absolute Gasteiger partial charge is 0.238 e. The summed E-state index contributed by atoms with van der Waals surface area (Å²) < 4.78 is 0. The van der Waals surface area contributed by atoms with E-state index in [4.69, 9.17) is 4.98 Å². The van der Waals surface area contributed by atoms with Crippen molar-refractivity contribution in [3.05, 3.63) is 60.9 Å². The van der Waals surface area contributed by atoms with E-state index in [1.165, 1.54) is 0 Å². The van der Waals surface area contributed by atoms with Gasteiger partial charge in [-0.15, -0.1) is 0 Å². The molecule has 5 aromatic rings. The second-order valence-corrected chi connectivity index (χ2v) is 7.68. The second-order valence-electron chi connectivity index (χ2n) is 7.68. The fourth-order valence-electron chi connectivity index (χ4n) is 3.58. The first-order chi connectivity index (χ1) is 15.1. The van der Waals surface area contributed by atoms with E-state index < -0.39 is 0 Å². The molecule has 0 bridgehead atoms. The summed E-state index contributed by atoms with van der Waals surface area (Å²) >= 11 is 0. The molecule has 4 aromatic heterocycles. The molecule has 0 aliphatic carbocycles. The number of nitrogens with one attached hydrogen (secondary N) is 3. The Morgan fingerprint density at radius 1 is 1.06 bits per heavy atom. The van der Waals surface area contributed by atoms with Gasteiger partial charge in [0.1, 0.15) is 11.2 Å². The maximum atomic E-state index is 12.1. The van der Waals surface area contributed by atoms with Crippen LogP contribution in [0, 0.1) is 0 Å². The molecule has 0 saturated carbocycles. The maximum Gasteiger partial charge on any atom is 0.238 e. The summed E-state index contributed by atoms with van der Waals surface area (Å²) in [6.45, 7) is 0.303. The van der Waals surface area contributed by atoms with Gasteiger partial charge >= 0.3 is 0 Å². The Morgan fingerprint density at radius 2 is 1.94 bits per heavy atom. The van der Waals surface area contributed by atoms with Gasteiger partial charge in [0, 0.05) is 22.7 Å². The quantitative estimate of drug-likeness (QED) is 0.410. The molecule has 0 unspecified atom stereocenters. The molecule has 8 heteroatoms. The van der Waals surface area contributed by atoms with Crippen molar-refractivity contribution in [1.29, 1.82) is 0 Å². The first-order valence-electron chi connectivity index (χ1n) is 9.90. The van der Waals surface area contributed by atoms with Crippen molar-refractivity contribution in [2.45, 2.75) is 0 Å². The number of aromatic nitrogens is 5. The van der Waals surface area contributed by atoms with Crippen LogP contribution in [0.5, 0.6) is 0 Å². The lowest BCUT2D eigenvalue weighted by Crippen LogP contribution is -2.27. The van der Waals surface area contributed by atoms with Crippen molar-refractivity contribution in [2.24, 2.45) is 0 Å². The highest BCUT2D eigenvalue weighted by molar-refractivity contribution is 5.95. The van der Waals surface area contributed by atoms with Crippen LogP contribution in [-0.4, -0.2) is 56.6 Å². The molecule has 0 atom stereocenters. The van der Waals surface area contributed by atoms with Gasteiger partial charge in [0.05, 0.1) is 35.3 Å². The van der Waals surface area contributed by atoms with Crippen molar-refractivity contribution in [1.82, 2.24) is 30.0 Å². The predicted octanol–water partition coefficient (Wildman–Crippen LogP) is 3.67. The van der Waals surface area contributed by atoms with Crippen LogP contribution < -0.4 is 5.32 Å². The van der Waals surface area contributed by atoms with Crippen molar-refractivity contribution in [3.63, 3.8) is 0 Å². The molecule has 0 aliphatic heterocycles. The Hall–Kier alpha value is -4.04. The third-order valence-corrected chi connectivity index (χ3v) is 4.97. The van der Waals surface area contributed by atoms with Gasteiger partial charge in [-0.25, -0.2) is 4.98 Å². The third kappa shape index (κ3) is 3.76. The van der Waals surface area contributed by atoms with Gasteiger partial charge in [0.25, 0.3) is 0 Å². The van der Waals surface area contributed by atoms with Crippen LogP contribution in [0.25, 0.3) is 44.6 Å². The summed E-state index contributed by atoms with van der Waals surface area (Å²) in [5.74, 6) is -0.0942. The molecule has 5 rings (SSSR count). The van der Waals surface area contributed by atoms with E-state index >= 15 is 0 Å². The van der Waals surface area contributed by atoms with Gasteiger partial charge in [-0.1, -0.05) is 18.2 Å². The minimum Gasteiger partial charge on any atom is -0.353 e. The van der Waals surface area contributed by atoms with Crippen molar-refractivity contribution in [2.75, 3.05) is 26.0 Å². The van der Waals surface area contributed by atoms with Gasteiger partial charge in [0.2, 0.25) is 5.91 Å². The summed E-state index contributed by atoms with van der Waals surface area (Å²) in [5, 5.41) is 11.5. The van der Waals surface area contributed by atoms with Crippen molar-refractivity contribution in [3.8, 4) is 22.6 Å². The summed E-state index contributed by atoms with van der Waals surface area (Å²) in [6.07, 6.45) is 3.36. The Balaban J connectivity index is 1.51. The van der Waals surface area contributed by atoms with E-state index in [1.54, 1.807) is 12.4 Å². The van der Waals surface area contributed by atoms with Gasteiger partial charge in [-0.3, -0.25) is 14.9 Å². The lowest BCUT2D eigenvalue weighted by molar-refractivity contribution is -0.116. The first kappa shape index (κ1) is 19.0. The number of benzene rings is 1. The predicted molar refractivity (Wildman–Crippen MR) is 122 cm³/mol. The Morgan fingerprint density at radius 3 is 2.77 bits per heavy atom. The van der Waals surface area contributed by atoms with Crippen LogP contribution in [0.2, 0.25) is 0 Å². The summed E-state index contributed by atoms with van der Waals surface area (Å²) in [6, 6.07) is 15.9. The molecule has 0 saturated heterocycles. The number of carbonyl (C=O) groups is 1. The fourth-order valence-corrected chi connectivity index (χ4v) is 3.58. The summed E-state index contributed by atoms with van der Waals surface area (Å²) in [7, 11) is 3.70. The molecule has 4 heterocycles. The molecule has 154 valence electrons. The molecule has 1 amide bonds. The number of pyridine rings is 2. The Kier molecular flexibility index (Phi) is 4.68. The molecule has 0 radical (unpaired) electrons. The molecular formula is C23H21N7O. The molecule has 1 aromatic carbocycles. The van der Waals surface area contributed by atoms with E-state index in [1.807, 2.05) is 55.4 Å². The second kappa shape index (κ2) is 7.66. The number of para-hydroxylation sites is 1. The number of carbonyl (C=O) groups excluding carboxylic acids is 1. The number of fused-ring (bicyclic) bond motifs is 2. The molecule has 8 nitrogen and oxygen atoms in total. The van der Waals surface area contributed by atoms with Crippen LogP contribution in [0.4, 0.5) is 5.69 Å². The Labute approximate surface area is 178 Å². The van der Waals surface area contributed by atoms with Gasteiger partial charge in [-0.2, -0.15) is 5.10 Å². The molecule has 0 fully saturated rings. The maximum absolute atomic E-state index is 12.1. The number of anilines is 1.